The number of carbonyl (C=O) groups excluding carboxylic acids is 1. The molecule has 1 aromatic heterocycles. The molecule has 4 N–H and O–H groups in total. The molecule has 0 aliphatic carbocycles. The first-order valence-corrected chi connectivity index (χ1v) is 5.71. The van der Waals surface area contributed by atoms with Crippen LogP contribution < -0.4 is 16.4 Å². The first-order valence-electron chi connectivity index (χ1n) is 5.71. The van der Waals surface area contributed by atoms with E-state index >= 15 is 0 Å². The van der Waals surface area contributed by atoms with Gasteiger partial charge in [-0.2, -0.15) is 4.98 Å². The number of piperidine rings is 1. The van der Waals surface area contributed by atoms with Gasteiger partial charge in [-0.05, 0) is 19.8 Å². The fraction of sp³-hybridized carbons (Fsp3) is 0.545. The quantitative estimate of drug-likeness (QED) is 0.755. The second-order valence-electron chi connectivity index (χ2n) is 4.39. The van der Waals surface area contributed by atoms with Crippen LogP contribution in [0.15, 0.2) is 6.07 Å². The van der Waals surface area contributed by atoms with Crippen molar-refractivity contribution in [1.29, 1.82) is 0 Å². The Morgan fingerprint density at radius 2 is 2.06 bits per heavy atom. The Morgan fingerprint density at radius 3 is 2.59 bits per heavy atom. The summed E-state index contributed by atoms with van der Waals surface area (Å²) in [5.41, 5.74) is 11.8. The van der Waals surface area contributed by atoms with E-state index in [4.69, 9.17) is 11.5 Å². The van der Waals surface area contributed by atoms with Gasteiger partial charge in [0.05, 0.1) is 0 Å². The van der Waals surface area contributed by atoms with Crippen molar-refractivity contribution in [1.82, 2.24) is 9.97 Å². The third-order valence-electron chi connectivity index (χ3n) is 3.08. The first kappa shape index (κ1) is 11.6. The van der Waals surface area contributed by atoms with Gasteiger partial charge in [0.2, 0.25) is 11.9 Å². The maximum Gasteiger partial charge on any atom is 0.222 e. The smallest absolute Gasteiger partial charge is 0.222 e. The number of hydrogen-bond acceptors (Lipinski definition) is 5. The number of aromatic nitrogens is 2. The van der Waals surface area contributed by atoms with Gasteiger partial charge < -0.3 is 16.4 Å². The zero-order chi connectivity index (χ0) is 12.4. The third-order valence-corrected chi connectivity index (χ3v) is 3.08. The summed E-state index contributed by atoms with van der Waals surface area (Å²) in [6.07, 6.45) is 1.55. The van der Waals surface area contributed by atoms with Crippen LogP contribution in [0.4, 0.5) is 11.8 Å². The maximum atomic E-state index is 11.1. The van der Waals surface area contributed by atoms with Crippen LogP contribution in [0, 0.1) is 12.8 Å². The number of primary amides is 1. The van der Waals surface area contributed by atoms with E-state index < -0.39 is 0 Å². The Morgan fingerprint density at radius 1 is 1.41 bits per heavy atom. The van der Waals surface area contributed by atoms with Gasteiger partial charge in [0.1, 0.15) is 5.82 Å². The molecule has 0 spiro atoms. The van der Waals surface area contributed by atoms with Gasteiger partial charge in [-0.15, -0.1) is 0 Å². The second kappa shape index (κ2) is 4.57. The molecule has 0 saturated carbocycles. The van der Waals surface area contributed by atoms with E-state index in [2.05, 4.69) is 14.9 Å². The van der Waals surface area contributed by atoms with Gasteiger partial charge in [0.25, 0.3) is 0 Å². The number of carbonyl (C=O) groups is 1. The molecule has 1 fully saturated rings. The molecule has 17 heavy (non-hydrogen) atoms. The van der Waals surface area contributed by atoms with Crippen molar-refractivity contribution >= 4 is 17.7 Å². The van der Waals surface area contributed by atoms with Gasteiger partial charge in [-0.25, -0.2) is 4.98 Å². The highest BCUT2D eigenvalue weighted by Gasteiger charge is 2.23. The van der Waals surface area contributed by atoms with E-state index in [1.54, 1.807) is 0 Å². The van der Waals surface area contributed by atoms with Crippen LogP contribution >= 0.6 is 0 Å². The lowest BCUT2D eigenvalue weighted by atomic mass is 9.96. The van der Waals surface area contributed by atoms with Crippen molar-refractivity contribution in [3.8, 4) is 0 Å². The summed E-state index contributed by atoms with van der Waals surface area (Å²) in [5, 5.41) is 0. The first-order chi connectivity index (χ1) is 8.06. The highest BCUT2D eigenvalue weighted by Crippen LogP contribution is 2.22. The number of rotatable bonds is 2. The van der Waals surface area contributed by atoms with Gasteiger partial charge >= 0.3 is 0 Å². The molecule has 0 radical (unpaired) electrons. The minimum absolute atomic E-state index is 0.00784. The van der Waals surface area contributed by atoms with Crippen LogP contribution in [0.5, 0.6) is 0 Å². The predicted octanol–water partition coefficient (Wildman–Crippen LogP) is 0.0689. The van der Waals surface area contributed by atoms with Crippen molar-refractivity contribution in [2.75, 3.05) is 23.7 Å². The molecule has 1 aliphatic heterocycles. The highest BCUT2D eigenvalue weighted by molar-refractivity contribution is 5.77. The van der Waals surface area contributed by atoms with Crippen molar-refractivity contribution in [2.45, 2.75) is 19.8 Å². The number of hydrogen-bond donors (Lipinski definition) is 2. The van der Waals surface area contributed by atoms with E-state index in [1.165, 1.54) is 0 Å². The van der Waals surface area contributed by atoms with Gasteiger partial charge in [-0.1, -0.05) is 0 Å². The van der Waals surface area contributed by atoms with E-state index in [9.17, 15) is 4.79 Å². The van der Waals surface area contributed by atoms with Gasteiger partial charge in [0.15, 0.2) is 0 Å². The SMILES string of the molecule is Cc1cc(N2CCC(C(N)=O)CC2)nc(N)n1. The number of anilines is 2. The van der Waals surface area contributed by atoms with Crippen molar-refractivity contribution < 1.29 is 4.79 Å². The minimum Gasteiger partial charge on any atom is -0.369 e. The Kier molecular flexibility index (Phi) is 3.12. The summed E-state index contributed by atoms with van der Waals surface area (Å²) < 4.78 is 0. The summed E-state index contributed by atoms with van der Waals surface area (Å²) in [6.45, 7) is 3.45. The molecule has 0 atom stereocenters. The Bertz CT molecular complexity index is 406. The summed E-state index contributed by atoms with van der Waals surface area (Å²) in [5.74, 6) is 0.907. The Balaban J connectivity index is 2.07. The number of nitrogen functional groups attached to an aromatic ring is 1. The van der Waals surface area contributed by atoms with E-state index in [1.807, 2.05) is 13.0 Å². The molecule has 0 aromatic carbocycles. The fourth-order valence-corrected chi connectivity index (χ4v) is 2.13. The number of nitrogens with zero attached hydrogens (tertiary/aromatic N) is 3. The number of aryl methyl sites for hydroxylation is 1. The lowest BCUT2D eigenvalue weighted by Crippen LogP contribution is -2.39. The fourth-order valence-electron chi connectivity index (χ4n) is 2.13. The average molecular weight is 235 g/mol. The standard InChI is InChI=1S/C11H17N5O/c1-7-6-9(15-11(13)14-7)16-4-2-8(3-5-16)10(12)17/h6,8H,2-5H2,1H3,(H2,12,17)(H2,13,14,15). The van der Waals surface area contributed by atoms with Crippen molar-refractivity contribution in [3.05, 3.63) is 11.8 Å². The van der Waals surface area contributed by atoms with Crippen LogP contribution in [-0.2, 0) is 4.79 Å². The van der Waals surface area contributed by atoms with Crippen molar-refractivity contribution in [3.63, 3.8) is 0 Å². The van der Waals surface area contributed by atoms with Crippen LogP contribution in [0.1, 0.15) is 18.5 Å². The molecule has 2 rings (SSSR count). The predicted molar refractivity (Wildman–Crippen MR) is 65.3 cm³/mol. The molecule has 6 heteroatoms. The molecule has 0 bridgehead atoms. The molecule has 0 unspecified atom stereocenters. The summed E-state index contributed by atoms with van der Waals surface area (Å²) in [4.78, 5) is 21.4. The van der Waals surface area contributed by atoms with Crippen LogP contribution in [-0.4, -0.2) is 29.0 Å². The lowest BCUT2D eigenvalue weighted by molar-refractivity contribution is -0.122. The molecule has 1 saturated heterocycles. The van der Waals surface area contributed by atoms with E-state index in [-0.39, 0.29) is 17.8 Å². The van der Waals surface area contributed by atoms with Crippen LogP contribution in [0.2, 0.25) is 0 Å². The normalized spacial score (nSPS) is 17.1. The van der Waals surface area contributed by atoms with Crippen LogP contribution in [0.3, 0.4) is 0 Å². The molecule has 1 aliphatic rings. The summed E-state index contributed by atoms with van der Waals surface area (Å²) in [6, 6.07) is 1.90. The van der Waals surface area contributed by atoms with Crippen LogP contribution in [0.25, 0.3) is 0 Å². The van der Waals surface area contributed by atoms with Gasteiger partial charge in [-0.3, -0.25) is 4.79 Å². The van der Waals surface area contributed by atoms with E-state index in [0.29, 0.717) is 0 Å². The number of amides is 1. The average Bonchev–Trinajstić information content (AvgIpc) is 2.28. The zero-order valence-electron chi connectivity index (χ0n) is 9.89. The van der Waals surface area contributed by atoms with Gasteiger partial charge in [0, 0.05) is 30.8 Å². The molecule has 1 aromatic rings. The third kappa shape index (κ3) is 2.64. The summed E-state index contributed by atoms with van der Waals surface area (Å²) >= 11 is 0. The molecule has 1 amide bonds. The molecule has 2 heterocycles. The molecular formula is C11H17N5O. The van der Waals surface area contributed by atoms with Crippen molar-refractivity contribution in [2.24, 2.45) is 11.7 Å². The highest BCUT2D eigenvalue weighted by atomic mass is 16.1. The lowest BCUT2D eigenvalue weighted by Gasteiger charge is -2.31. The number of nitrogens with two attached hydrogens (primary N) is 2. The topological polar surface area (TPSA) is 98.1 Å². The summed E-state index contributed by atoms with van der Waals surface area (Å²) in [7, 11) is 0. The minimum atomic E-state index is -0.206. The van der Waals surface area contributed by atoms with E-state index in [0.717, 1.165) is 37.4 Å². The zero-order valence-corrected chi connectivity index (χ0v) is 9.89. The largest absolute Gasteiger partial charge is 0.369 e. The molecular weight excluding hydrogens is 218 g/mol. The second-order valence-corrected chi connectivity index (χ2v) is 4.39. The monoisotopic (exact) mass is 235 g/mol. The maximum absolute atomic E-state index is 11.1. The Labute approximate surface area is 100 Å². The molecule has 92 valence electrons. The molecule has 6 nitrogen and oxygen atoms in total. The Hall–Kier alpha value is -1.85.